The van der Waals surface area contributed by atoms with E-state index in [9.17, 15) is 35.1 Å². The van der Waals surface area contributed by atoms with Crippen molar-refractivity contribution in [2.75, 3.05) is 21.2 Å². The van der Waals surface area contributed by atoms with E-state index in [0.717, 1.165) is 0 Å². The van der Waals surface area contributed by atoms with E-state index in [2.05, 4.69) is 5.32 Å². The van der Waals surface area contributed by atoms with Gasteiger partial charge in [0.05, 0.1) is 47.6 Å². The Labute approximate surface area is 309 Å². The molecule has 3 heterocycles. The van der Waals surface area contributed by atoms with Gasteiger partial charge in [-0.25, -0.2) is 0 Å². The zero-order valence-corrected chi connectivity index (χ0v) is 33.4. The van der Waals surface area contributed by atoms with Crippen LogP contribution in [-0.2, 0) is 38.0 Å². The van der Waals surface area contributed by atoms with Crippen LogP contribution in [0.1, 0.15) is 94.9 Å². The number of nitrogens with zero attached hydrogens (tertiary/aromatic N) is 1. The standard InChI is InChI=1S/C37H68N2O13/c1-14-25-37(10,46)29(41)22(6)38-32(43)18(2)16-35(8,45)31(52-34-27(40)24(39(11)12)15-19(3)48-34)20(4)28(21(5)33(44)50-25)51-26-17-36(9,47-13)30(42)23(7)49-26/h18-31,34,40-42,45-46H,14-17H2,1-13H3,(H,38,43)/t18-,19-,20+,21-,22-,23+,24+,25-,26+,27-,28+,29-,30+,31-,34+,35-,36-,37+/m1/s1. The van der Waals surface area contributed by atoms with Gasteiger partial charge in [0.2, 0.25) is 5.91 Å². The summed E-state index contributed by atoms with van der Waals surface area (Å²) in [6.45, 7) is 16.3. The summed E-state index contributed by atoms with van der Waals surface area (Å²) in [7, 11) is 5.17. The van der Waals surface area contributed by atoms with Crippen LogP contribution in [-0.4, -0.2) is 154 Å². The Kier molecular flexibility index (Phi) is 15.1. The molecule has 6 N–H and O–H groups in total. The zero-order chi connectivity index (χ0) is 39.7. The van der Waals surface area contributed by atoms with Crippen molar-refractivity contribution in [2.45, 2.75) is 185 Å². The number of ether oxygens (including phenoxy) is 6. The van der Waals surface area contributed by atoms with Gasteiger partial charge in [0.15, 0.2) is 12.6 Å². The predicted molar refractivity (Wildman–Crippen MR) is 190 cm³/mol. The Hall–Kier alpha value is -1.50. The highest BCUT2D eigenvalue weighted by Crippen LogP contribution is 2.40. The van der Waals surface area contributed by atoms with E-state index in [4.69, 9.17) is 28.4 Å². The summed E-state index contributed by atoms with van der Waals surface area (Å²) < 4.78 is 37.1. The Morgan fingerprint density at radius 1 is 0.923 bits per heavy atom. The van der Waals surface area contributed by atoms with Gasteiger partial charge in [-0.3, -0.25) is 9.59 Å². The largest absolute Gasteiger partial charge is 0.459 e. The minimum atomic E-state index is -1.97. The van der Waals surface area contributed by atoms with Crippen LogP contribution in [0.15, 0.2) is 0 Å². The number of nitrogens with one attached hydrogen (secondary N) is 1. The van der Waals surface area contributed by atoms with E-state index in [1.807, 2.05) is 25.9 Å². The van der Waals surface area contributed by atoms with Crippen molar-refractivity contribution >= 4 is 11.9 Å². The summed E-state index contributed by atoms with van der Waals surface area (Å²) in [5.74, 6) is -4.03. The molecule has 0 radical (unpaired) electrons. The Bertz CT molecular complexity index is 1190. The lowest BCUT2D eigenvalue weighted by atomic mass is 9.77. The number of carbonyl (C=O) groups is 2. The van der Waals surface area contributed by atoms with E-state index in [1.54, 1.807) is 41.5 Å². The first-order valence-electron chi connectivity index (χ1n) is 18.7. The average Bonchev–Trinajstić information content (AvgIpc) is 3.06. The number of aliphatic hydroxyl groups is 5. The molecule has 1 amide bonds. The summed E-state index contributed by atoms with van der Waals surface area (Å²) >= 11 is 0. The number of rotatable bonds is 7. The van der Waals surface area contributed by atoms with Crippen molar-refractivity contribution in [3.8, 4) is 0 Å². The fourth-order valence-corrected chi connectivity index (χ4v) is 8.24. The van der Waals surface area contributed by atoms with Gasteiger partial charge in [-0.2, -0.15) is 0 Å². The van der Waals surface area contributed by atoms with Crippen LogP contribution in [0.2, 0.25) is 0 Å². The predicted octanol–water partition coefficient (Wildman–Crippen LogP) is 1.09. The van der Waals surface area contributed by atoms with Gasteiger partial charge in [0.1, 0.15) is 30.0 Å². The first kappa shape index (κ1) is 44.9. The van der Waals surface area contributed by atoms with Crippen LogP contribution >= 0.6 is 0 Å². The molecule has 15 heteroatoms. The van der Waals surface area contributed by atoms with Gasteiger partial charge in [-0.1, -0.05) is 20.8 Å². The lowest BCUT2D eigenvalue weighted by Crippen LogP contribution is -2.60. The summed E-state index contributed by atoms with van der Waals surface area (Å²) in [5, 5.41) is 60.3. The average molecular weight is 749 g/mol. The van der Waals surface area contributed by atoms with Gasteiger partial charge in [-0.15, -0.1) is 0 Å². The number of cyclic esters (lactones) is 1. The van der Waals surface area contributed by atoms with Gasteiger partial charge in [-0.05, 0) is 81.8 Å². The van der Waals surface area contributed by atoms with Crippen LogP contribution in [0.3, 0.4) is 0 Å². The molecular weight excluding hydrogens is 680 g/mol. The lowest BCUT2D eigenvalue weighted by molar-refractivity contribution is -0.317. The molecule has 304 valence electrons. The maximum Gasteiger partial charge on any atom is 0.311 e. The maximum absolute atomic E-state index is 14.1. The molecule has 0 spiro atoms. The van der Waals surface area contributed by atoms with Crippen molar-refractivity contribution < 1.29 is 63.5 Å². The quantitative estimate of drug-likeness (QED) is 0.202. The van der Waals surface area contributed by atoms with E-state index in [-0.39, 0.29) is 31.4 Å². The fraction of sp³-hybridized carbons (Fsp3) is 0.946. The van der Waals surface area contributed by atoms with Gasteiger partial charge >= 0.3 is 5.97 Å². The highest BCUT2D eigenvalue weighted by Gasteiger charge is 2.52. The molecule has 0 unspecified atom stereocenters. The molecule has 15 nitrogen and oxygen atoms in total. The number of esters is 1. The van der Waals surface area contributed by atoms with Crippen LogP contribution in [0, 0.1) is 17.8 Å². The molecule has 3 fully saturated rings. The van der Waals surface area contributed by atoms with Crippen molar-refractivity contribution in [3.05, 3.63) is 0 Å². The van der Waals surface area contributed by atoms with Gasteiger partial charge in [0.25, 0.3) is 0 Å². The normalized spacial score (nSPS) is 49.1. The number of aliphatic hydroxyl groups excluding tert-OH is 3. The molecular formula is C37H68N2O13. The molecule has 0 aromatic rings. The summed E-state index contributed by atoms with van der Waals surface area (Å²) in [4.78, 5) is 29.5. The van der Waals surface area contributed by atoms with Crippen molar-refractivity contribution in [1.82, 2.24) is 10.2 Å². The Morgan fingerprint density at radius 2 is 1.54 bits per heavy atom. The third-order valence-electron chi connectivity index (χ3n) is 11.7. The van der Waals surface area contributed by atoms with Crippen LogP contribution in [0.5, 0.6) is 0 Å². The second kappa shape index (κ2) is 17.5. The number of methoxy groups -OCH3 is 1. The first-order chi connectivity index (χ1) is 23.9. The summed E-state index contributed by atoms with van der Waals surface area (Å²) in [6.07, 6.45) is -9.73. The van der Waals surface area contributed by atoms with Crippen molar-refractivity contribution in [2.24, 2.45) is 17.8 Å². The Balaban J connectivity index is 2.18. The smallest absolute Gasteiger partial charge is 0.311 e. The van der Waals surface area contributed by atoms with Gasteiger partial charge < -0.3 is 64.2 Å². The Morgan fingerprint density at radius 3 is 2.10 bits per heavy atom. The molecule has 3 saturated heterocycles. The van der Waals surface area contributed by atoms with Crippen LogP contribution in [0.4, 0.5) is 0 Å². The highest BCUT2D eigenvalue weighted by atomic mass is 16.7. The van der Waals surface area contributed by atoms with Crippen LogP contribution < -0.4 is 5.32 Å². The molecule has 0 aromatic heterocycles. The van der Waals surface area contributed by atoms with Crippen molar-refractivity contribution in [3.63, 3.8) is 0 Å². The maximum atomic E-state index is 14.1. The zero-order valence-electron chi connectivity index (χ0n) is 33.4. The molecule has 0 bridgehead atoms. The molecule has 0 aromatic carbocycles. The minimum absolute atomic E-state index is 0.0853. The summed E-state index contributed by atoms with van der Waals surface area (Å²) in [6, 6.07) is -1.29. The third-order valence-corrected chi connectivity index (χ3v) is 11.7. The molecule has 3 aliphatic heterocycles. The molecule has 18 atom stereocenters. The second-order valence-electron chi connectivity index (χ2n) is 16.6. The topological polar surface area (TPSA) is 206 Å². The fourth-order valence-electron chi connectivity index (χ4n) is 8.24. The molecule has 3 aliphatic rings. The minimum Gasteiger partial charge on any atom is -0.459 e. The first-order valence-corrected chi connectivity index (χ1v) is 18.7. The second-order valence-corrected chi connectivity index (χ2v) is 16.6. The number of hydrogen-bond donors (Lipinski definition) is 6. The third kappa shape index (κ3) is 9.83. The van der Waals surface area contributed by atoms with E-state index < -0.39 is 108 Å². The van der Waals surface area contributed by atoms with E-state index in [1.165, 1.54) is 27.9 Å². The molecule has 52 heavy (non-hydrogen) atoms. The SMILES string of the molecule is CC[C@H]1OC(=O)[C@H](C)[C@@H](O[C@H]2C[C@@](C)(OC)[C@@H](O)[C@H](C)O2)[C@H](C)[C@@H](O[C@@H]2O[C@H](C)C[C@H](N(C)C)[C@H]2O)[C@](C)(O)C[C@@H](C)C(=O)N[C@H](C)[C@@H](O)[C@@]1(C)O. The molecule has 3 rings (SSSR count). The van der Waals surface area contributed by atoms with Crippen molar-refractivity contribution in [1.29, 1.82) is 0 Å². The number of amides is 1. The molecule has 0 saturated carbocycles. The lowest BCUT2D eigenvalue weighted by Gasteiger charge is -2.48. The van der Waals surface area contributed by atoms with Crippen LogP contribution in [0.25, 0.3) is 0 Å². The summed E-state index contributed by atoms with van der Waals surface area (Å²) in [5.41, 5.74) is -4.82. The monoisotopic (exact) mass is 748 g/mol. The molecule has 0 aliphatic carbocycles. The van der Waals surface area contributed by atoms with Gasteiger partial charge in [0, 0.05) is 31.4 Å². The number of hydrogen-bond acceptors (Lipinski definition) is 14. The highest BCUT2D eigenvalue weighted by molar-refractivity contribution is 5.78. The number of likely N-dealkylation sites (N-methyl/N-ethyl adjacent to an activating group) is 1. The number of carbonyl (C=O) groups excluding carboxylic acids is 2. The van der Waals surface area contributed by atoms with E-state index >= 15 is 0 Å². The van der Waals surface area contributed by atoms with E-state index in [0.29, 0.717) is 6.42 Å².